The van der Waals surface area contributed by atoms with Crippen LogP contribution in [-0.2, 0) is 11.2 Å². The number of halogens is 1. The predicted octanol–water partition coefficient (Wildman–Crippen LogP) is 4.50. The second-order valence-corrected chi connectivity index (χ2v) is 8.41. The Morgan fingerprint density at radius 3 is 2.42 bits per heavy atom. The minimum Gasteiger partial charge on any atom is -0.339 e. The molecule has 2 aromatic carbocycles. The largest absolute Gasteiger partial charge is 0.339 e. The highest BCUT2D eigenvalue weighted by atomic mass is 35.5. The third-order valence-electron chi connectivity index (χ3n) is 5.82. The van der Waals surface area contributed by atoms with Crippen LogP contribution >= 0.6 is 11.6 Å². The van der Waals surface area contributed by atoms with Gasteiger partial charge in [-0.05, 0) is 49.6 Å². The second kappa shape index (κ2) is 9.48. The summed E-state index contributed by atoms with van der Waals surface area (Å²) in [5.41, 5.74) is 3.38. The van der Waals surface area contributed by atoms with Gasteiger partial charge in [-0.15, -0.1) is 0 Å². The summed E-state index contributed by atoms with van der Waals surface area (Å²) in [5.74, 6) is 0.129. The average Bonchev–Trinajstić information content (AvgIpc) is 2.79. The van der Waals surface area contributed by atoms with Crippen molar-refractivity contribution < 1.29 is 9.59 Å². The van der Waals surface area contributed by atoms with Crippen molar-refractivity contribution in [1.29, 1.82) is 0 Å². The van der Waals surface area contributed by atoms with Crippen LogP contribution in [-0.4, -0.2) is 52.8 Å². The number of carbonyl (C=O) groups excluding carboxylic acids is 2. The molecule has 0 bridgehead atoms. The topological polar surface area (TPSA) is 53.5 Å². The summed E-state index contributed by atoms with van der Waals surface area (Å²) >= 11 is 6.10. The van der Waals surface area contributed by atoms with Gasteiger partial charge in [0.25, 0.3) is 5.91 Å². The standard InChI is InChI=1S/C25H26ClN3O2/c1-18-22(17-20-16-21(26)10-11-23(20)27-18)25(31)29-14-12-28(13-15-29)24(30)9-5-8-19-6-3-2-4-7-19/h2-4,6-7,10-11,16-17H,5,8-9,12-15H2,1H3. The van der Waals surface area contributed by atoms with E-state index >= 15 is 0 Å². The average molecular weight is 436 g/mol. The van der Waals surface area contributed by atoms with Crippen LogP contribution in [0.1, 0.15) is 34.5 Å². The molecule has 5 nitrogen and oxygen atoms in total. The monoisotopic (exact) mass is 435 g/mol. The van der Waals surface area contributed by atoms with Gasteiger partial charge < -0.3 is 9.80 Å². The summed E-state index contributed by atoms with van der Waals surface area (Å²) in [4.78, 5) is 33.9. The van der Waals surface area contributed by atoms with E-state index in [1.807, 2.05) is 53.1 Å². The van der Waals surface area contributed by atoms with Crippen molar-refractivity contribution in [2.75, 3.05) is 26.2 Å². The van der Waals surface area contributed by atoms with Crippen LogP contribution in [0.2, 0.25) is 5.02 Å². The number of hydrogen-bond donors (Lipinski definition) is 0. The maximum atomic E-state index is 13.1. The number of pyridine rings is 1. The first-order valence-corrected chi connectivity index (χ1v) is 11.1. The van der Waals surface area contributed by atoms with Crippen LogP contribution in [0.25, 0.3) is 10.9 Å². The van der Waals surface area contributed by atoms with Crippen molar-refractivity contribution in [3.63, 3.8) is 0 Å². The third-order valence-corrected chi connectivity index (χ3v) is 6.05. The first-order chi connectivity index (χ1) is 15.0. The van der Waals surface area contributed by atoms with Gasteiger partial charge in [0, 0.05) is 43.0 Å². The number of carbonyl (C=O) groups is 2. The Hall–Kier alpha value is -2.92. The van der Waals surface area contributed by atoms with E-state index in [1.54, 1.807) is 6.07 Å². The molecule has 3 aromatic rings. The lowest BCUT2D eigenvalue weighted by Gasteiger charge is -2.35. The minimum atomic E-state index is -0.0388. The van der Waals surface area contributed by atoms with Gasteiger partial charge in [-0.25, -0.2) is 0 Å². The molecule has 0 aliphatic carbocycles. The van der Waals surface area contributed by atoms with E-state index in [0.29, 0.717) is 48.9 Å². The summed E-state index contributed by atoms with van der Waals surface area (Å²) in [6.45, 7) is 4.07. The van der Waals surface area contributed by atoms with Gasteiger partial charge in [-0.3, -0.25) is 14.6 Å². The molecule has 0 atom stereocenters. The molecule has 4 rings (SSSR count). The lowest BCUT2D eigenvalue weighted by molar-refractivity contribution is -0.132. The summed E-state index contributed by atoms with van der Waals surface area (Å²) in [6, 6.07) is 17.6. The zero-order valence-corrected chi connectivity index (χ0v) is 18.4. The molecule has 2 amide bonds. The molecule has 0 saturated carbocycles. The summed E-state index contributed by atoms with van der Waals surface area (Å²) in [6.07, 6.45) is 2.28. The molecule has 1 saturated heterocycles. The number of nitrogens with zero attached hydrogens (tertiary/aromatic N) is 3. The number of piperazine rings is 1. The number of aromatic nitrogens is 1. The van der Waals surface area contributed by atoms with Gasteiger partial charge in [-0.2, -0.15) is 0 Å². The van der Waals surface area contributed by atoms with E-state index in [4.69, 9.17) is 11.6 Å². The lowest BCUT2D eigenvalue weighted by Crippen LogP contribution is -2.50. The molecule has 31 heavy (non-hydrogen) atoms. The van der Waals surface area contributed by atoms with Crippen LogP contribution in [0.5, 0.6) is 0 Å². The molecule has 1 aliphatic rings. The van der Waals surface area contributed by atoms with Crippen molar-refractivity contribution in [2.24, 2.45) is 0 Å². The molecule has 0 spiro atoms. The zero-order chi connectivity index (χ0) is 21.8. The fraction of sp³-hybridized carbons (Fsp3) is 0.320. The highest BCUT2D eigenvalue weighted by Crippen LogP contribution is 2.22. The van der Waals surface area contributed by atoms with Crippen molar-refractivity contribution in [2.45, 2.75) is 26.2 Å². The maximum absolute atomic E-state index is 13.1. The van der Waals surface area contributed by atoms with Crippen LogP contribution < -0.4 is 0 Å². The fourth-order valence-electron chi connectivity index (χ4n) is 4.04. The Morgan fingerprint density at radius 2 is 1.68 bits per heavy atom. The molecule has 6 heteroatoms. The third kappa shape index (κ3) is 5.05. The van der Waals surface area contributed by atoms with Crippen molar-refractivity contribution in [1.82, 2.24) is 14.8 Å². The highest BCUT2D eigenvalue weighted by Gasteiger charge is 2.26. The van der Waals surface area contributed by atoms with Gasteiger partial charge in [0.05, 0.1) is 16.8 Å². The van der Waals surface area contributed by atoms with Gasteiger partial charge in [-0.1, -0.05) is 41.9 Å². The van der Waals surface area contributed by atoms with E-state index in [0.717, 1.165) is 23.7 Å². The molecule has 0 N–H and O–H groups in total. The van der Waals surface area contributed by atoms with E-state index in [2.05, 4.69) is 17.1 Å². The summed E-state index contributed by atoms with van der Waals surface area (Å²) in [7, 11) is 0. The van der Waals surface area contributed by atoms with Gasteiger partial charge >= 0.3 is 0 Å². The highest BCUT2D eigenvalue weighted by molar-refractivity contribution is 6.31. The Bertz CT molecular complexity index is 1090. The molecule has 0 unspecified atom stereocenters. The summed E-state index contributed by atoms with van der Waals surface area (Å²) in [5, 5.41) is 1.48. The number of hydrogen-bond acceptors (Lipinski definition) is 3. The molecule has 2 heterocycles. The van der Waals surface area contributed by atoms with E-state index in [1.165, 1.54) is 5.56 Å². The molecule has 1 aliphatic heterocycles. The van der Waals surface area contributed by atoms with Crippen molar-refractivity contribution in [3.8, 4) is 0 Å². The van der Waals surface area contributed by atoms with E-state index < -0.39 is 0 Å². The number of amides is 2. The van der Waals surface area contributed by atoms with Gasteiger partial charge in [0.1, 0.15) is 0 Å². The van der Waals surface area contributed by atoms with Crippen LogP contribution in [0.15, 0.2) is 54.6 Å². The number of rotatable bonds is 5. The summed E-state index contributed by atoms with van der Waals surface area (Å²) < 4.78 is 0. The van der Waals surface area contributed by atoms with E-state index in [9.17, 15) is 9.59 Å². The molecule has 1 fully saturated rings. The Labute approximate surface area is 187 Å². The van der Waals surface area contributed by atoms with Crippen molar-refractivity contribution >= 4 is 34.3 Å². The van der Waals surface area contributed by atoms with Crippen LogP contribution in [0, 0.1) is 6.92 Å². The number of benzene rings is 2. The molecule has 160 valence electrons. The normalized spacial score (nSPS) is 14.1. The number of aryl methyl sites for hydroxylation is 2. The smallest absolute Gasteiger partial charge is 0.255 e. The van der Waals surface area contributed by atoms with Gasteiger partial charge in [0.2, 0.25) is 5.91 Å². The Kier molecular flexibility index (Phi) is 6.52. The van der Waals surface area contributed by atoms with Gasteiger partial charge in [0.15, 0.2) is 0 Å². The van der Waals surface area contributed by atoms with Crippen LogP contribution in [0.4, 0.5) is 0 Å². The molecular weight excluding hydrogens is 410 g/mol. The zero-order valence-electron chi connectivity index (χ0n) is 17.7. The minimum absolute atomic E-state index is 0.0388. The Balaban J connectivity index is 1.33. The predicted molar refractivity (Wildman–Crippen MR) is 123 cm³/mol. The van der Waals surface area contributed by atoms with E-state index in [-0.39, 0.29) is 11.8 Å². The van der Waals surface area contributed by atoms with Crippen LogP contribution in [0.3, 0.4) is 0 Å². The quantitative estimate of drug-likeness (QED) is 0.592. The second-order valence-electron chi connectivity index (χ2n) is 7.97. The lowest BCUT2D eigenvalue weighted by atomic mass is 10.1. The molecular formula is C25H26ClN3O2. The first-order valence-electron chi connectivity index (χ1n) is 10.7. The number of fused-ring (bicyclic) bond motifs is 1. The van der Waals surface area contributed by atoms with Crippen molar-refractivity contribution in [3.05, 3.63) is 76.4 Å². The Morgan fingerprint density at radius 1 is 0.968 bits per heavy atom. The molecule has 1 aromatic heterocycles. The maximum Gasteiger partial charge on any atom is 0.255 e. The SMILES string of the molecule is Cc1nc2ccc(Cl)cc2cc1C(=O)N1CCN(C(=O)CCCc2ccccc2)CC1. The first kappa shape index (κ1) is 21.3. The molecule has 0 radical (unpaired) electrons. The fourth-order valence-corrected chi connectivity index (χ4v) is 4.22.